The molecule has 4 nitrogen and oxygen atoms in total. The van der Waals surface area contributed by atoms with Gasteiger partial charge in [-0.15, -0.1) is 0 Å². The Bertz CT molecular complexity index is 192. The zero-order chi connectivity index (χ0) is 11.9. The quantitative estimate of drug-likeness (QED) is 0.649. The third kappa shape index (κ3) is 6.47. The molecular formula is C11H23NO3. The molecule has 0 rings (SSSR count). The molecule has 90 valence electrons. The number of rotatable bonds is 8. The summed E-state index contributed by atoms with van der Waals surface area (Å²) in [7, 11) is 1.67. The van der Waals surface area contributed by atoms with Crippen LogP contribution in [0.5, 0.6) is 0 Å². The summed E-state index contributed by atoms with van der Waals surface area (Å²) in [6.07, 6.45) is 2.34. The third-order valence-electron chi connectivity index (χ3n) is 2.55. The molecule has 0 aromatic rings. The fourth-order valence-corrected chi connectivity index (χ4v) is 1.25. The molecule has 0 fully saturated rings. The Labute approximate surface area is 92.0 Å². The zero-order valence-corrected chi connectivity index (χ0v) is 10.2. The first kappa shape index (κ1) is 14.4. The Morgan fingerprint density at radius 2 is 2.13 bits per heavy atom. The van der Waals surface area contributed by atoms with Crippen molar-refractivity contribution >= 4 is 5.97 Å². The number of hydrogen-bond donors (Lipinski definition) is 2. The Kier molecular flexibility index (Phi) is 6.52. The van der Waals surface area contributed by atoms with Crippen molar-refractivity contribution in [2.75, 3.05) is 13.7 Å². The Hall–Kier alpha value is -0.610. The molecule has 0 aliphatic carbocycles. The molecule has 1 atom stereocenters. The molecule has 15 heavy (non-hydrogen) atoms. The monoisotopic (exact) mass is 217 g/mol. The van der Waals surface area contributed by atoms with Gasteiger partial charge in [0.05, 0.1) is 5.60 Å². The van der Waals surface area contributed by atoms with E-state index in [9.17, 15) is 4.79 Å². The molecule has 0 aliphatic rings. The van der Waals surface area contributed by atoms with Crippen LogP contribution in [0.15, 0.2) is 0 Å². The first-order chi connectivity index (χ1) is 6.93. The topological polar surface area (TPSA) is 58.6 Å². The predicted octanol–water partition coefficient (Wildman–Crippen LogP) is 1.64. The van der Waals surface area contributed by atoms with E-state index in [1.54, 1.807) is 7.11 Å². The van der Waals surface area contributed by atoms with E-state index in [-0.39, 0.29) is 5.60 Å². The Balaban J connectivity index is 3.85. The van der Waals surface area contributed by atoms with Crippen LogP contribution in [0.3, 0.4) is 0 Å². The molecule has 1 unspecified atom stereocenters. The molecule has 0 saturated carbocycles. The van der Waals surface area contributed by atoms with Gasteiger partial charge in [-0.1, -0.05) is 13.3 Å². The van der Waals surface area contributed by atoms with Gasteiger partial charge in [-0.05, 0) is 33.2 Å². The van der Waals surface area contributed by atoms with E-state index in [1.807, 2.05) is 20.8 Å². The van der Waals surface area contributed by atoms with Gasteiger partial charge in [0, 0.05) is 7.11 Å². The van der Waals surface area contributed by atoms with Crippen LogP contribution < -0.4 is 5.32 Å². The minimum absolute atomic E-state index is 0.192. The van der Waals surface area contributed by atoms with E-state index in [0.29, 0.717) is 13.0 Å². The molecule has 4 heteroatoms. The highest BCUT2D eigenvalue weighted by molar-refractivity contribution is 5.73. The van der Waals surface area contributed by atoms with Crippen molar-refractivity contribution in [1.29, 1.82) is 0 Å². The van der Waals surface area contributed by atoms with Crippen LogP contribution in [0.2, 0.25) is 0 Å². The minimum Gasteiger partial charge on any atom is -0.480 e. The van der Waals surface area contributed by atoms with Gasteiger partial charge in [0.2, 0.25) is 0 Å². The van der Waals surface area contributed by atoms with Gasteiger partial charge in [0.15, 0.2) is 0 Å². The summed E-state index contributed by atoms with van der Waals surface area (Å²) in [5.74, 6) is -0.771. The highest BCUT2D eigenvalue weighted by Crippen LogP contribution is 2.11. The normalized spacial score (nSPS) is 13.9. The van der Waals surface area contributed by atoms with Crippen molar-refractivity contribution < 1.29 is 14.6 Å². The van der Waals surface area contributed by atoms with Gasteiger partial charge in [0.25, 0.3) is 0 Å². The summed E-state index contributed by atoms with van der Waals surface area (Å²) in [6, 6.07) is -0.428. The molecule has 0 aromatic carbocycles. The lowest BCUT2D eigenvalue weighted by atomic mass is 10.0. The number of carboxylic acids is 1. The largest absolute Gasteiger partial charge is 0.480 e. The second-order valence-electron chi connectivity index (χ2n) is 4.35. The number of carbonyl (C=O) groups is 1. The first-order valence-corrected chi connectivity index (χ1v) is 5.44. The van der Waals surface area contributed by atoms with Crippen LogP contribution in [0.1, 0.15) is 40.0 Å². The predicted molar refractivity (Wildman–Crippen MR) is 60.0 cm³/mol. The second-order valence-corrected chi connectivity index (χ2v) is 4.35. The van der Waals surface area contributed by atoms with Gasteiger partial charge in [-0.3, -0.25) is 4.79 Å². The molecule has 0 bridgehead atoms. The minimum atomic E-state index is -0.771. The molecule has 0 aliphatic heterocycles. The van der Waals surface area contributed by atoms with Crippen molar-refractivity contribution in [3.63, 3.8) is 0 Å². The Morgan fingerprint density at radius 3 is 2.53 bits per heavy atom. The highest BCUT2D eigenvalue weighted by Gasteiger charge is 2.19. The van der Waals surface area contributed by atoms with Crippen molar-refractivity contribution in [3.8, 4) is 0 Å². The zero-order valence-electron chi connectivity index (χ0n) is 10.2. The van der Waals surface area contributed by atoms with E-state index < -0.39 is 12.0 Å². The maximum Gasteiger partial charge on any atom is 0.320 e. The average molecular weight is 217 g/mol. The van der Waals surface area contributed by atoms with Crippen molar-refractivity contribution in [3.05, 3.63) is 0 Å². The number of methoxy groups -OCH3 is 1. The third-order valence-corrected chi connectivity index (χ3v) is 2.55. The summed E-state index contributed by atoms with van der Waals surface area (Å²) in [5.41, 5.74) is -0.192. The van der Waals surface area contributed by atoms with Crippen LogP contribution in [0, 0.1) is 0 Å². The van der Waals surface area contributed by atoms with E-state index in [1.165, 1.54) is 0 Å². The van der Waals surface area contributed by atoms with E-state index >= 15 is 0 Å². The highest BCUT2D eigenvalue weighted by atomic mass is 16.5. The second kappa shape index (κ2) is 6.80. The number of hydrogen-bond acceptors (Lipinski definition) is 3. The summed E-state index contributed by atoms with van der Waals surface area (Å²) in [4.78, 5) is 10.8. The maximum absolute atomic E-state index is 10.8. The summed E-state index contributed by atoms with van der Waals surface area (Å²) < 4.78 is 5.25. The Morgan fingerprint density at radius 1 is 1.53 bits per heavy atom. The lowest BCUT2D eigenvalue weighted by Crippen LogP contribution is -2.39. The fourth-order valence-electron chi connectivity index (χ4n) is 1.25. The molecule has 0 spiro atoms. The van der Waals surface area contributed by atoms with Crippen LogP contribution in [-0.4, -0.2) is 36.4 Å². The van der Waals surface area contributed by atoms with E-state index in [0.717, 1.165) is 12.8 Å². The van der Waals surface area contributed by atoms with Crippen molar-refractivity contribution in [2.45, 2.75) is 51.7 Å². The summed E-state index contributed by atoms with van der Waals surface area (Å²) in [5, 5.41) is 11.9. The van der Waals surface area contributed by atoms with E-state index in [2.05, 4.69) is 5.32 Å². The molecule has 0 aromatic heterocycles. The number of carboxylic acid groups (broad SMARTS) is 1. The SMILES string of the molecule is CCCC(NCCC(C)(C)OC)C(=O)O. The summed E-state index contributed by atoms with van der Waals surface area (Å²) >= 11 is 0. The average Bonchev–Trinajstić information content (AvgIpc) is 2.16. The van der Waals surface area contributed by atoms with Crippen LogP contribution in [-0.2, 0) is 9.53 Å². The lowest BCUT2D eigenvalue weighted by molar-refractivity contribution is -0.139. The lowest BCUT2D eigenvalue weighted by Gasteiger charge is -2.24. The van der Waals surface area contributed by atoms with Crippen LogP contribution in [0.25, 0.3) is 0 Å². The molecule has 0 saturated heterocycles. The first-order valence-electron chi connectivity index (χ1n) is 5.44. The molecule has 2 N–H and O–H groups in total. The van der Waals surface area contributed by atoms with E-state index in [4.69, 9.17) is 9.84 Å². The molecular weight excluding hydrogens is 194 g/mol. The standard InChI is InChI=1S/C11H23NO3/c1-5-6-9(10(13)14)12-8-7-11(2,3)15-4/h9,12H,5-8H2,1-4H3,(H,13,14). The molecule has 0 radical (unpaired) electrons. The van der Waals surface area contributed by atoms with Gasteiger partial charge in [-0.25, -0.2) is 0 Å². The number of ether oxygens (including phenoxy) is 1. The smallest absolute Gasteiger partial charge is 0.320 e. The van der Waals surface area contributed by atoms with Crippen molar-refractivity contribution in [1.82, 2.24) is 5.32 Å². The van der Waals surface area contributed by atoms with Gasteiger partial charge in [-0.2, -0.15) is 0 Å². The van der Waals surface area contributed by atoms with Crippen molar-refractivity contribution in [2.24, 2.45) is 0 Å². The fraction of sp³-hybridized carbons (Fsp3) is 0.909. The molecule has 0 amide bonds. The van der Waals surface area contributed by atoms with Gasteiger partial charge < -0.3 is 15.2 Å². The van der Waals surface area contributed by atoms with Crippen LogP contribution >= 0.6 is 0 Å². The maximum atomic E-state index is 10.8. The van der Waals surface area contributed by atoms with Gasteiger partial charge in [0.1, 0.15) is 6.04 Å². The molecule has 0 heterocycles. The van der Waals surface area contributed by atoms with Gasteiger partial charge >= 0.3 is 5.97 Å². The summed E-state index contributed by atoms with van der Waals surface area (Å²) in [6.45, 7) is 6.63. The van der Waals surface area contributed by atoms with Crippen LogP contribution in [0.4, 0.5) is 0 Å². The number of aliphatic carboxylic acids is 1. The number of nitrogens with one attached hydrogen (secondary N) is 1.